The van der Waals surface area contributed by atoms with Gasteiger partial charge in [0.1, 0.15) is 0 Å². The maximum Gasteiger partial charge on any atom is 0.262 e. The third kappa shape index (κ3) is 2.70. The molecule has 0 N–H and O–H groups in total. The second kappa shape index (κ2) is 6.51. The largest absolute Gasteiger partial charge is 0.342 e. The molecule has 1 saturated heterocycles. The van der Waals surface area contributed by atoms with Crippen LogP contribution in [0.25, 0.3) is 16.7 Å². The van der Waals surface area contributed by atoms with Crippen LogP contribution in [0, 0.1) is 0 Å². The Bertz CT molecular complexity index is 1000. The monoisotopic (exact) mass is 357 g/mol. The summed E-state index contributed by atoms with van der Waals surface area (Å²) in [6.45, 7) is 4.12. The molecule has 1 aliphatic heterocycles. The van der Waals surface area contributed by atoms with Gasteiger partial charge in [-0.2, -0.15) is 0 Å². The summed E-state index contributed by atoms with van der Waals surface area (Å²) >= 11 is 1.37. The molecule has 0 atom stereocenters. The van der Waals surface area contributed by atoms with E-state index in [-0.39, 0.29) is 11.5 Å². The van der Waals surface area contributed by atoms with Crippen LogP contribution in [-0.4, -0.2) is 48.8 Å². The van der Waals surface area contributed by atoms with E-state index < -0.39 is 0 Å². The van der Waals surface area contributed by atoms with Crippen molar-refractivity contribution < 1.29 is 4.79 Å². The standard InChI is InChI=1S/C17H19N5O2S/c1-2-21-15(24)12-7-3-4-8-13(12)22-16(21)18-19-17(22)25-11-14(23)20-9-5-6-10-20/h3-4,7-8H,2,5-6,9-11H2,1H3. The fourth-order valence-electron chi connectivity index (χ4n) is 3.30. The van der Waals surface area contributed by atoms with Gasteiger partial charge in [-0.15, -0.1) is 10.2 Å². The maximum absolute atomic E-state index is 12.6. The molecular formula is C17H19N5O2S. The second-order valence-corrected chi connectivity index (χ2v) is 7.00. The zero-order chi connectivity index (χ0) is 17.4. The lowest BCUT2D eigenvalue weighted by Crippen LogP contribution is -2.29. The molecule has 8 heteroatoms. The van der Waals surface area contributed by atoms with Gasteiger partial charge in [0.05, 0.1) is 16.7 Å². The molecule has 0 saturated carbocycles. The smallest absolute Gasteiger partial charge is 0.262 e. The number of nitrogens with zero attached hydrogens (tertiary/aromatic N) is 5. The van der Waals surface area contributed by atoms with Gasteiger partial charge in [-0.25, -0.2) is 0 Å². The lowest BCUT2D eigenvalue weighted by molar-refractivity contribution is -0.127. The van der Waals surface area contributed by atoms with Gasteiger partial charge in [0.25, 0.3) is 5.56 Å². The first kappa shape index (κ1) is 16.1. The highest BCUT2D eigenvalue weighted by Gasteiger charge is 2.20. The lowest BCUT2D eigenvalue weighted by Gasteiger charge is -2.14. The number of fused-ring (bicyclic) bond motifs is 3. The molecule has 2 aromatic heterocycles. The number of amides is 1. The van der Waals surface area contributed by atoms with Crippen molar-refractivity contribution in [2.24, 2.45) is 0 Å². The molecule has 0 radical (unpaired) electrons. The molecule has 3 aromatic rings. The highest BCUT2D eigenvalue weighted by molar-refractivity contribution is 7.99. The van der Waals surface area contributed by atoms with Crippen LogP contribution in [0.2, 0.25) is 0 Å². The molecule has 1 aliphatic rings. The Morgan fingerprint density at radius 3 is 2.72 bits per heavy atom. The van der Waals surface area contributed by atoms with Crippen molar-refractivity contribution in [1.82, 2.24) is 24.1 Å². The van der Waals surface area contributed by atoms with Crippen molar-refractivity contribution in [3.63, 3.8) is 0 Å². The number of likely N-dealkylation sites (tertiary alicyclic amines) is 1. The molecule has 1 amide bonds. The van der Waals surface area contributed by atoms with Gasteiger partial charge in [0.15, 0.2) is 5.16 Å². The quantitative estimate of drug-likeness (QED) is 0.666. The van der Waals surface area contributed by atoms with E-state index in [4.69, 9.17) is 0 Å². The third-order valence-corrected chi connectivity index (χ3v) is 5.49. The van der Waals surface area contributed by atoms with Crippen molar-refractivity contribution in [1.29, 1.82) is 0 Å². The first-order valence-corrected chi connectivity index (χ1v) is 9.46. The highest BCUT2D eigenvalue weighted by atomic mass is 32.2. The average molecular weight is 357 g/mol. The summed E-state index contributed by atoms with van der Waals surface area (Å²) in [5.74, 6) is 0.982. The Morgan fingerprint density at radius 2 is 1.96 bits per heavy atom. The molecular weight excluding hydrogens is 338 g/mol. The van der Waals surface area contributed by atoms with Crippen LogP contribution in [0.5, 0.6) is 0 Å². The molecule has 1 fully saturated rings. The van der Waals surface area contributed by atoms with E-state index in [0.29, 0.717) is 28.6 Å². The SMILES string of the molecule is CCn1c(=O)c2ccccc2n2c(SCC(=O)N3CCCC3)nnc12. The van der Waals surface area contributed by atoms with Gasteiger partial charge in [0.2, 0.25) is 11.7 Å². The van der Waals surface area contributed by atoms with Gasteiger partial charge in [-0.3, -0.25) is 18.6 Å². The van der Waals surface area contributed by atoms with Crippen LogP contribution in [0.15, 0.2) is 34.2 Å². The molecule has 7 nitrogen and oxygen atoms in total. The topological polar surface area (TPSA) is 72.5 Å². The molecule has 0 spiro atoms. The summed E-state index contributed by atoms with van der Waals surface area (Å²) in [4.78, 5) is 26.8. The molecule has 3 heterocycles. The number of rotatable bonds is 4. The normalized spacial score (nSPS) is 14.7. The molecule has 1 aromatic carbocycles. The van der Waals surface area contributed by atoms with Crippen LogP contribution in [0.3, 0.4) is 0 Å². The fourth-order valence-corrected chi connectivity index (χ4v) is 4.14. The first-order chi connectivity index (χ1) is 12.2. The molecule has 0 aliphatic carbocycles. The number of carbonyl (C=O) groups excluding carboxylic acids is 1. The third-order valence-electron chi connectivity index (χ3n) is 4.58. The Morgan fingerprint density at radius 1 is 1.20 bits per heavy atom. The number of hydrogen-bond acceptors (Lipinski definition) is 5. The summed E-state index contributed by atoms with van der Waals surface area (Å²) < 4.78 is 3.49. The summed E-state index contributed by atoms with van der Waals surface area (Å²) in [7, 11) is 0. The number of para-hydroxylation sites is 1. The van der Waals surface area contributed by atoms with Gasteiger partial charge in [0, 0.05) is 19.6 Å². The van der Waals surface area contributed by atoms with Crippen LogP contribution in [0.4, 0.5) is 0 Å². The summed E-state index contributed by atoms with van der Waals surface area (Å²) in [5.41, 5.74) is 0.705. The minimum atomic E-state index is -0.0670. The van der Waals surface area contributed by atoms with E-state index in [0.717, 1.165) is 31.4 Å². The number of aryl methyl sites for hydroxylation is 1. The van der Waals surface area contributed by atoms with Gasteiger partial charge < -0.3 is 4.90 Å². The van der Waals surface area contributed by atoms with E-state index in [2.05, 4.69) is 10.2 Å². The van der Waals surface area contributed by atoms with Crippen molar-refractivity contribution in [3.8, 4) is 0 Å². The Labute approximate surface area is 148 Å². The number of hydrogen-bond donors (Lipinski definition) is 0. The minimum absolute atomic E-state index is 0.0670. The zero-order valence-corrected chi connectivity index (χ0v) is 14.8. The number of carbonyl (C=O) groups is 1. The van der Waals surface area contributed by atoms with E-state index in [1.54, 1.807) is 4.57 Å². The Hall–Kier alpha value is -2.35. The van der Waals surface area contributed by atoms with Crippen LogP contribution in [0.1, 0.15) is 19.8 Å². The van der Waals surface area contributed by atoms with Gasteiger partial charge >= 0.3 is 0 Å². The first-order valence-electron chi connectivity index (χ1n) is 8.48. The zero-order valence-electron chi connectivity index (χ0n) is 14.0. The van der Waals surface area contributed by atoms with Gasteiger partial charge in [-0.1, -0.05) is 23.9 Å². The van der Waals surface area contributed by atoms with Crippen molar-refractivity contribution >= 4 is 34.3 Å². The minimum Gasteiger partial charge on any atom is -0.342 e. The summed E-state index contributed by atoms with van der Waals surface area (Å²) in [6, 6.07) is 7.44. The average Bonchev–Trinajstić information content (AvgIpc) is 3.30. The summed E-state index contributed by atoms with van der Waals surface area (Å²) in [5, 5.41) is 9.71. The fraction of sp³-hybridized carbons (Fsp3) is 0.412. The van der Waals surface area contributed by atoms with Crippen molar-refractivity contribution in [2.45, 2.75) is 31.5 Å². The number of benzene rings is 1. The second-order valence-electron chi connectivity index (χ2n) is 6.06. The summed E-state index contributed by atoms with van der Waals surface area (Å²) in [6.07, 6.45) is 2.16. The van der Waals surface area contributed by atoms with Crippen LogP contribution >= 0.6 is 11.8 Å². The molecule has 0 unspecified atom stereocenters. The van der Waals surface area contributed by atoms with Crippen molar-refractivity contribution in [3.05, 3.63) is 34.6 Å². The van der Waals surface area contributed by atoms with E-state index in [1.165, 1.54) is 11.8 Å². The van der Waals surface area contributed by atoms with E-state index in [9.17, 15) is 9.59 Å². The molecule has 130 valence electrons. The lowest BCUT2D eigenvalue weighted by atomic mass is 10.2. The highest BCUT2D eigenvalue weighted by Crippen LogP contribution is 2.22. The molecule has 4 rings (SSSR count). The van der Waals surface area contributed by atoms with Crippen molar-refractivity contribution in [2.75, 3.05) is 18.8 Å². The van der Waals surface area contributed by atoms with Crippen LogP contribution < -0.4 is 5.56 Å². The number of aromatic nitrogens is 4. The predicted octanol–water partition coefficient (Wildman–Crippen LogP) is 1.78. The van der Waals surface area contributed by atoms with E-state index >= 15 is 0 Å². The Balaban J connectivity index is 1.76. The molecule has 0 bridgehead atoms. The van der Waals surface area contributed by atoms with Gasteiger partial charge in [-0.05, 0) is 31.9 Å². The number of thioether (sulfide) groups is 1. The molecule has 25 heavy (non-hydrogen) atoms. The predicted molar refractivity (Wildman–Crippen MR) is 97.0 cm³/mol. The Kier molecular flexibility index (Phi) is 4.20. The van der Waals surface area contributed by atoms with Crippen LogP contribution in [-0.2, 0) is 11.3 Å². The van der Waals surface area contributed by atoms with E-state index in [1.807, 2.05) is 40.5 Å². The maximum atomic E-state index is 12.6.